The van der Waals surface area contributed by atoms with E-state index in [1.165, 1.54) is 7.11 Å². The molecule has 0 saturated heterocycles. The van der Waals surface area contributed by atoms with E-state index in [9.17, 15) is 22.8 Å². The third-order valence-corrected chi connectivity index (χ3v) is 5.00. The minimum atomic E-state index is -4.64. The number of nitrogens with one attached hydrogen (secondary N) is 1. The van der Waals surface area contributed by atoms with E-state index < -0.39 is 12.0 Å². The molecule has 0 spiro atoms. The van der Waals surface area contributed by atoms with Crippen LogP contribution in [0.3, 0.4) is 0 Å². The zero-order chi connectivity index (χ0) is 27.2. The number of hydrogen-bond acceptors (Lipinski definition) is 9. The lowest BCUT2D eigenvalue weighted by molar-refractivity contribution is -0.168. The van der Waals surface area contributed by atoms with E-state index in [4.69, 9.17) is 14.2 Å². The second kappa shape index (κ2) is 11.5. The monoisotopic (exact) mass is 517 g/mol. The SMILES string of the molecule is CC(=O)C(F)(F)F.CCOc1cccc(C(=O)c2ncc(-c3nn[nH]n3)c3cc(OC)c(OC)cc23)c1. The van der Waals surface area contributed by atoms with Gasteiger partial charge in [-0.25, -0.2) is 0 Å². The Kier molecular flexibility index (Phi) is 8.37. The molecule has 0 aliphatic carbocycles. The van der Waals surface area contributed by atoms with Crippen LogP contribution in [0.4, 0.5) is 13.2 Å². The fraction of sp³-hybridized carbons (Fsp3) is 0.250. The molecular formula is C24H22F3N5O5. The van der Waals surface area contributed by atoms with Gasteiger partial charge in [0, 0.05) is 35.0 Å². The Hall–Kier alpha value is -4.55. The Balaban J connectivity index is 0.000000479. The van der Waals surface area contributed by atoms with E-state index in [-0.39, 0.29) is 11.5 Å². The van der Waals surface area contributed by atoms with Crippen molar-refractivity contribution in [1.29, 1.82) is 0 Å². The summed E-state index contributed by atoms with van der Waals surface area (Å²) in [5.41, 5.74) is 1.35. The number of tetrazole rings is 1. The number of rotatable bonds is 7. The number of nitrogens with zero attached hydrogens (tertiary/aromatic N) is 4. The summed E-state index contributed by atoms with van der Waals surface area (Å²) in [4.78, 5) is 27.1. The number of fused-ring (bicyclic) bond motifs is 1. The first-order valence-electron chi connectivity index (χ1n) is 10.7. The van der Waals surface area contributed by atoms with Crippen molar-refractivity contribution in [2.45, 2.75) is 20.0 Å². The highest BCUT2D eigenvalue weighted by Crippen LogP contribution is 2.37. The molecule has 10 nitrogen and oxygen atoms in total. The Labute approximate surface area is 208 Å². The van der Waals surface area contributed by atoms with Gasteiger partial charge in [0.2, 0.25) is 17.4 Å². The lowest BCUT2D eigenvalue weighted by atomic mass is 9.98. The molecule has 0 aliphatic rings. The number of halogens is 3. The fourth-order valence-corrected chi connectivity index (χ4v) is 3.23. The molecule has 0 saturated carbocycles. The Morgan fingerprint density at radius 2 is 1.68 bits per heavy atom. The van der Waals surface area contributed by atoms with Crippen LogP contribution in [0.1, 0.15) is 29.9 Å². The molecule has 0 atom stereocenters. The van der Waals surface area contributed by atoms with Gasteiger partial charge in [0.05, 0.1) is 20.8 Å². The topological polar surface area (TPSA) is 129 Å². The number of H-pyrrole nitrogens is 1. The molecule has 4 rings (SSSR count). The molecule has 0 radical (unpaired) electrons. The maximum Gasteiger partial charge on any atom is 0.449 e. The van der Waals surface area contributed by atoms with Crippen molar-refractivity contribution in [3.8, 4) is 28.6 Å². The molecule has 4 aromatic rings. The number of methoxy groups -OCH3 is 2. The normalized spacial score (nSPS) is 10.9. The smallest absolute Gasteiger partial charge is 0.449 e. The lowest BCUT2D eigenvalue weighted by Gasteiger charge is -2.13. The van der Waals surface area contributed by atoms with Gasteiger partial charge in [0.1, 0.15) is 11.4 Å². The number of Topliss-reactive ketones (excluding diaryl/α,β-unsaturated/α-hetero) is 1. The van der Waals surface area contributed by atoms with Crippen molar-refractivity contribution in [3.05, 3.63) is 53.9 Å². The van der Waals surface area contributed by atoms with Crippen LogP contribution in [0.2, 0.25) is 0 Å². The molecule has 2 aromatic carbocycles. The van der Waals surface area contributed by atoms with Gasteiger partial charge in [-0.15, -0.1) is 10.2 Å². The highest BCUT2D eigenvalue weighted by molar-refractivity contribution is 6.17. The lowest BCUT2D eigenvalue weighted by Crippen LogP contribution is -2.18. The molecule has 1 N–H and O–H groups in total. The number of pyridine rings is 1. The van der Waals surface area contributed by atoms with E-state index in [0.29, 0.717) is 58.5 Å². The summed E-state index contributed by atoms with van der Waals surface area (Å²) in [5, 5.41) is 15.4. The quantitative estimate of drug-likeness (QED) is 0.359. The van der Waals surface area contributed by atoms with E-state index in [1.807, 2.05) is 6.92 Å². The molecule has 2 heterocycles. The van der Waals surface area contributed by atoms with Crippen molar-refractivity contribution < 1.29 is 37.0 Å². The van der Waals surface area contributed by atoms with Gasteiger partial charge in [-0.2, -0.15) is 18.4 Å². The van der Waals surface area contributed by atoms with Crippen LogP contribution in [-0.4, -0.2) is 64.2 Å². The van der Waals surface area contributed by atoms with Crippen LogP contribution >= 0.6 is 0 Å². The predicted octanol–water partition coefficient (Wildman–Crippen LogP) is 4.20. The first-order valence-corrected chi connectivity index (χ1v) is 10.7. The van der Waals surface area contributed by atoms with Crippen molar-refractivity contribution in [3.63, 3.8) is 0 Å². The molecule has 0 unspecified atom stereocenters. The number of carbonyl (C=O) groups is 2. The molecule has 2 aromatic heterocycles. The summed E-state index contributed by atoms with van der Waals surface area (Å²) in [6, 6.07) is 10.5. The van der Waals surface area contributed by atoms with Gasteiger partial charge >= 0.3 is 6.18 Å². The number of hydrogen-bond donors (Lipinski definition) is 1. The summed E-state index contributed by atoms with van der Waals surface area (Å²) in [7, 11) is 3.08. The maximum absolute atomic E-state index is 13.3. The summed E-state index contributed by atoms with van der Waals surface area (Å²) in [6.45, 7) is 2.88. The van der Waals surface area contributed by atoms with Crippen molar-refractivity contribution >= 4 is 22.3 Å². The third kappa shape index (κ3) is 6.18. The van der Waals surface area contributed by atoms with Gasteiger partial charge in [-0.3, -0.25) is 14.6 Å². The first-order chi connectivity index (χ1) is 17.6. The van der Waals surface area contributed by atoms with Crippen molar-refractivity contribution in [1.82, 2.24) is 25.6 Å². The minimum absolute atomic E-state index is 0.242. The van der Waals surface area contributed by atoms with Crippen LogP contribution < -0.4 is 14.2 Å². The standard InChI is InChI=1S/C21H19N5O4.C3H3F3O/c1-4-30-13-7-5-6-12(8-13)20(27)19-15-10-18(29-3)17(28-2)9-14(15)16(11-22-19)21-23-25-26-24-21;1-2(7)3(4,5)6/h5-11H,4H2,1-3H3,(H,23,24,25,26);1H3. The van der Waals surface area contributed by atoms with E-state index in [0.717, 1.165) is 0 Å². The summed E-state index contributed by atoms with van der Waals surface area (Å²) in [6.07, 6.45) is -3.08. The molecule has 37 heavy (non-hydrogen) atoms. The first kappa shape index (κ1) is 27.0. The second-order valence-electron chi connectivity index (χ2n) is 7.35. The number of aromatic nitrogens is 5. The van der Waals surface area contributed by atoms with E-state index in [2.05, 4.69) is 25.6 Å². The van der Waals surface area contributed by atoms with Gasteiger partial charge in [-0.05, 0) is 36.4 Å². The van der Waals surface area contributed by atoms with E-state index >= 15 is 0 Å². The molecule has 13 heteroatoms. The Morgan fingerprint density at radius 1 is 1.03 bits per heavy atom. The van der Waals surface area contributed by atoms with Crippen molar-refractivity contribution in [2.24, 2.45) is 0 Å². The average Bonchev–Trinajstić information content (AvgIpc) is 3.41. The van der Waals surface area contributed by atoms with Crippen LogP contribution in [0.15, 0.2) is 42.6 Å². The third-order valence-electron chi connectivity index (χ3n) is 5.00. The average molecular weight is 517 g/mol. The Morgan fingerprint density at radius 3 is 2.22 bits per heavy atom. The molecule has 0 aliphatic heterocycles. The van der Waals surface area contributed by atoms with Crippen LogP contribution in [-0.2, 0) is 4.79 Å². The number of alkyl halides is 3. The van der Waals surface area contributed by atoms with Gasteiger partial charge in [0.15, 0.2) is 11.5 Å². The van der Waals surface area contributed by atoms with Gasteiger partial charge in [-0.1, -0.05) is 12.1 Å². The number of aromatic amines is 1. The molecule has 194 valence electrons. The highest BCUT2D eigenvalue weighted by Gasteiger charge is 2.33. The minimum Gasteiger partial charge on any atom is -0.494 e. The fourth-order valence-electron chi connectivity index (χ4n) is 3.23. The highest BCUT2D eigenvalue weighted by atomic mass is 19.4. The van der Waals surface area contributed by atoms with Gasteiger partial charge < -0.3 is 14.2 Å². The number of ketones is 2. The number of carbonyl (C=O) groups excluding carboxylic acids is 2. The zero-order valence-corrected chi connectivity index (χ0v) is 20.2. The molecule has 0 amide bonds. The number of ether oxygens (including phenoxy) is 3. The second-order valence-corrected chi connectivity index (χ2v) is 7.35. The summed E-state index contributed by atoms with van der Waals surface area (Å²) in [5.74, 6) is -0.0276. The summed E-state index contributed by atoms with van der Waals surface area (Å²) < 4.78 is 48.9. The number of benzene rings is 2. The van der Waals surface area contributed by atoms with Crippen LogP contribution in [0.25, 0.3) is 22.2 Å². The molecule has 0 fully saturated rings. The van der Waals surface area contributed by atoms with E-state index in [1.54, 1.807) is 49.7 Å². The maximum atomic E-state index is 13.3. The Bertz CT molecular complexity index is 1410. The molecule has 0 bridgehead atoms. The van der Waals surface area contributed by atoms with Gasteiger partial charge in [0.25, 0.3) is 0 Å². The van der Waals surface area contributed by atoms with Crippen molar-refractivity contribution in [2.75, 3.05) is 20.8 Å². The summed E-state index contributed by atoms with van der Waals surface area (Å²) >= 11 is 0. The van der Waals surface area contributed by atoms with Crippen LogP contribution in [0, 0.1) is 0 Å². The zero-order valence-electron chi connectivity index (χ0n) is 20.2. The van der Waals surface area contributed by atoms with Crippen LogP contribution in [0.5, 0.6) is 17.2 Å². The predicted molar refractivity (Wildman–Crippen MR) is 126 cm³/mol. The molecular weight excluding hydrogens is 495 g/mol. The largest absolute Gasteiger partial charge is 0.494 e.